The smallest absolute Gasteiger partial charge is 0.311 e. The maximum absolute atomic E-state index is 11.3. The van der Waals surface area contributed by atoms with Gasteiger partial charge in [0.05, 0.1) is 5.92 Å². The molecule has 94 valence electrons. The second-order valence-corrected chi connectivity index (χ2v) is 5.35. The minimum absolute atomic E-state index is 0.366. The van der Waals surface area contributed by atoms with Crippen molar-refractivity contribution < 1.29 is 9.90 Å². The molecule has 1 rings (SSSR count). The predicted octanol–water partition coefficient (Wildman–Crippen LogP) is 1.76. The van der Waals surface area contributed by atoms with E-state index in [1.54, 1.807) is 17.3 Å². The fourth-order valence-corrected chi connectivity index (χ4v) is 1.72. The van der Waals surface area contributed by atoms with E-state index in [2.05, 4.69) is 9.97 Å². The van der Waals surface area contributed by atoms with Crippen LogP contribution in [0.5, 0.6) is 0 Å². The lowest BCUT2D eigenvalue weighted by Crippen LogP contribution is -2.26. The van der Waals surface area contributed by atoms with Gasteiger partial charge in [0.15, 0.2) is 0 Å². The van der Waals surface area contributed by atoms with Gasteiger partial charge in [0.2, 0.25) is 5.95 Å². The molecule has 0 bridgehead atoms. The van der Waals surface area contributed by atoms with Crippen LogP contribution in [-0.2, 0) is 4.79 Å². The van der Waals surface area contributed by atoms with Crippen molar-refractivity contribution in [1.82, 2.24) is 9.97 Å². The predicted molar refractivity (Wildman–Crippen MR) is 66.2 cm³/mol. The van der Waals surface area contributed by atoms with Crippen LogP contribution >= 0.6 is 0 Å². The number of carboxylic acid groups (broad SMARTS) is 1. The molecule has 1 atom stereocenters. The Labute approximate surface area is 102 Å². The molecule has 5 heteroatoms. The molecule has 0 saturated carbocycles. The molecule has 5 nitrogen and oxygen atoms in total. The Morgan fingerprint density at radius 3 is 2.06 bits per heavy atom. The fraction of sp³-hybridized carbons (Fsp3) is 0.583. The average Bonchev–Trinajstić information content (AvgIpc) is 2.15. The van der Waals surface area contributed by atoms with Gasteiger partial charge in [0, 0.05) is 32.1 Å². The van der Waals surface area contributed by atoms with Gasteiger partial charge in [-0.3, -0.25) is 4.79 Å². The quantitative estimate of drug-likeness (QED) is 0.867. The molecule has 0 fully saturated rings. The molecule has 1 heterocycles. The van der Waals surface area contributed by atoms with Crippen molar-refractivity contribution in [2.45, 2.75) is 26.7 Å². The van der Waals surface area contributed by atoms with Crippen molar-refractivity contribution in [1.29, 1.82) is 0 Å². The molecule has 0 saturated heterocycles. The zero-order valence-electron chi connectivity index (χ0n) is 10.9. The van der Waals surface area contributed by atoms with Gasteiger partial charge in [-0.15, -0.1) is 0 Å². The monoisotopic (exact) mass is 237 g/mol. The van der Waals surface area contributed by atoms with Crippen LogP contribution in [0, 0.1) is 5.41 Å². The molecule has 17 heavy (non-hydrogen) atoms. The topological polar surface area (TPSA) is 66.3 Å². The Morgan fingerprint density at radius 1 is 1.29 bits per heavy atom. The molecule has 0 aliphatic carbocycles. The molecule has 0 aliphatic heterocycles. The SMILES string of the molecule is CN(C)c1ncc(C(C(=O)O)C(C)(C)C)cn1. The summed E-state index contributed by atoms with van der Waals surface area (Å²) in [6.45, 7) is 5.68. The molecular formula is C12H19N3O2. The van der Waals surface area contributed by atoms with E-state index in [0.29, 0.717) is 11.5 Å². The Hall–Kier alpha value is -1.65. The lowest BCUT2D eigenvalue weighted by Gasteiger charge is -2.27. The van der Waals surface area contributed by atoms with Crippen LogP contribution in [0.15, 0.2) is 12.4 Å². The van der Waals surface area contributed by atoms with E-state index in [-0.39, 0.29) is 5.41 Å². The van der Waals surface area contributed by atoms with Crippen molar-refractivity contribution in [2.75, 3.05) is 19.0 Å². The molecule has 0 amide bonds. The minimum atomic E-state index is -0.848. The van der Waals surface area contributed by atoms with E-state index >= 15 is 0 Å². The van der Waals surface area contributed by atoms with Gasteiger partial charge in [-0.05, 0) is 5.41 Å². The van der Waals surface area contributed by atoms with Crippen molar-refractivity contribution in [3.63, 3.8) is 0 Å². The summed E-state index contributed by atoms with van der Waals surface area (Å²) < 4.78 is 0. The van der Waals surface area contributed by atoms with Gasteiger partial charge in [0.25, 0.3) is 0 Å². The van der Waals surface area contributed by atoms with E-state index in [9.17, 15) is 9.90 Å². The highest BCUT2D eigenvalue weighted by atomic mass is 16.4. The number of aliphatic carboxylic acids is 1. The maximum atomic E-state index is 11.3. The molecule has 0 aliphatic rings. The Morgan fingerprint density at radius 2 is 1.76 bits per heavy atom. The average molecular weight is 237 g/mol. The van der Waals surface area contributed by atoms with E-state index in [1.807, 2.05) is 34.9 Å². The molecule has 1 unspecified atom stereocenters. The van der Waals surface area contributed by atoms with E-state index < -0.39 is 11.9 Å². The van der Waals surface area contributed by atoms with Gasteiger partial charge in [-0.1, -0.05) is 20.8 Å². The highest BCUT2D eigenvalue weighted by molar-refractivity contribution is 5.76. The number of nitrogens with zero attached hydrogens (tertiary/aromatic N) is 3. The summed E-state index contributed by atoms with van der Waals surface area (Å²) in [7, 11) is 3.68. The first kappa shape index (κ1) is 13.4. The lowest BCUT2D eigenvalue weighted by atomic mass is 9.77. The van der Waals surface area contributed by atoms with Crippen LogP contribution in [0.1, 0.15) is 32.3 Å². The van der Waals surface area contributed by atoms with Crippen molar-refractivity contribution in [3.8, 4) is 0 Å². The Kier molecular flexibility index (Phi) is 3.70. The first-order valence-electron chi connectivity index (χ1n) is 5.45. The normalized spacial score (nSPS) is 13.2. The summed E-state index contributed by atoms with van der Waals surface area (Å²) in [4.78, 5) is 21.4. The third kappa shape index (κ3) is 3.15. The second kappa shape index (κ2) is 4.69. The van der Waals surface area contributed by atoms with Crippen molar-refractivity contribution >= 4 is 11.9 Å². The molecule has 0 radical (unpaired) electrons. The highest BCUT2D eigenvalue weighted by Crippen LogP contribution is 2.34. The maximum Gasteiger partial charge on any atom is 0.311 e. The first-order chi connectivity index (χ1) is 7.73. The number of carboxylic acids is 1. The second-order valence-electron chi connectivity index (χ2n) is 5.35. The summed E-state index contributed by atoms with van der Waals surface area (Å²) in [6, 6.07) is 0. The van der Waals surface area contributed by atoms with Crippen LogP contribution in [-0.4, -0.2) is 35.1 Å². The van der Waals surface area contributed by atoms with Crippen LogP contribution in [0.4, 0.5) is 5.95 Å². The van der Waals surface area contributed by atoms with E-state index in [4.69, 9.17) is 0 Å². The Balaban J connectivity index is 3.09. The summed E-state index contributed by atoms with van der Waals surface area (Å²) in [5, 5.41) is 9.27. The minimum Gasteiger partial charge on any atom is -0.481 e. The van der Waals surface area contributed by atoms with Gasteiger partial charge < -0.3 is 10.0 Å². The first-order valence-corrected chi connectivity index (χ1v) is 5.45. The number of anilines is 1. The molecule has 1 aromatic rings. The largest absolute Gasteiger partial charge is 0.481 e. The standard InChI is InChI=1S/C12H19N3O2/c1-12(2,3)9(10(16)17)8-6-13-11(14-7-8)15(4)5/h6-7,9H,1-5H3,(H,16,17). The van der Waals surface area contributed by atoms with E-state index in [1.165, 1.54) is 0 Å². The van der Waals surface area contributed by atoms with Gasteiger partial charge in [-0.25, -0.2) is 9.97 Å². The van der Waals surface area contributed by atoms with Gasteiger partial charge in [-0.2, -0.15) is 0 Å². The van der Waals surface area contributed by atoms with Crippen molar-refractivity contribution in [3.05, 3.63) is 18.0 Å². The number of carbonyl (C=O) groups is 1. The lowest BCUT2D eigenvalue weighted by molar-refractivity contribution is -0.141. The zero-order valence-corrected chi connectivity index (χ0v) is 10.9. The third-order valence-corrected chi connectivity index (χ3v) is 2.50. The molecule has 0 spiro atoms. The third-order valence-electron chi connectivity index (χ3n) is 2.50. The number of hydrogen-bond acceptors (Lipinski definition) is 4. The van der Waals surface area contributed by atoms with Crippen LogP contribution in [0.2, 0.25) is 0 Å². The number of rotatable bonds is 3. The number of aromatic nitrogens is 2. The molecule has 1 N–H and O–H groups in total. The highest BCUT2D eigenvalue weighted by Gasteiger charge is 2.33. The van der Waals surface area contributed by atoms with Crippen LogP contribution < -0.4 is 4.90 Å². The summed E-state index contributed by atoms with van der Waals surface area (Å²) in [5.74, 6) is -0.871. The number of hydrogen-bond donors (Lipinski definition) is 1. The molecule has 0 aromatic carbocycles. The van der Waals surface area contributed by atoms with E-state index in [0.717, 1.165) is 0 Å². The van der Waals surface area contributed by atoms with Crippen molar-refractivity contribution in [2.24, 2.45) is 5.41 Å². The van der Waals surface area contributed by atoms with Crippen LogP contribution in [0.25, 0.3) is 0 Å². The fourth-order valence-electron chi connectivity index (χ4n) is 1.72. The molecule has 1 aromatic heterocycles. The van der Waals surface area contributed by atoms with Gasteiger partial charge in [0.1, 0.15) is 0 Å². The Bertz CT molecular complexity index is 393. The van der Waals surface area contributed by atoms with Crippen LogP contribution in [0.3, 0.4) is 0 Å². The van der Waals surface area contributed by atoms with Gasteiger partial charge >= 0.3 is 5.97 Å². The summed E-state index contributed by atoms with van der Waals surface area (Å²) in [5.41, 5.74) is 0.269. The summed E-state index contributed by atoms with van der Waals surface area (Å²) in [6.07, 6.45) is 3.18. The zero-order chi connectivity index (χ0) is 13.2. The summed E-state index contributed by atoms with van der Waals surface area (Å²) >= 11 is 0. The molecular weight excluding hydrogens is 218 g/mol.